The highest BCUT2D eigenvalue weighted by Crippen LogP contribution is 2.31. The fraction of sp³-hybridized carbons (Fsp3) is 0.360. The molecular weight excluding hydrogens is 440 g/mol. The predicted molar refractivity (Wildman–Crippen MR) is 130 cm³/mol. The Balaban J connectivity index is 1.50. The van der Waals surface area contributed by atoms with E-state index in [1.54, 1.807) is 6.20 Å². The number of carboxylic acid groups (broad SMARTS) is 1. The summed E-state index contributed by atoms with van der Waals surface area (Å²) in [5, 5.41) is 14.6. The summed E-state index contributed by atoms with van der Waals surface area (Å²) in [6.45, 7) is 7.30. The van der Waals surface area contributed by atoms with Gasteiger partial charge in [-0.15, -0.1) is 0 Å². The van der Waals surface area contributed by atoms with Crippen LogP contribution in [-0.2, 0) is 16.1 Å². The maximum absolute atomic E-state index is 12.3. The van der Waals surface area contributed by atoms with Crippen molar-refractivity contribution in [2.45, 2.75) is 26.4 Å². The van der Waals surface area contributed by atoms with Crippen LogP contribution >= 0.6 is 11.6 Å². The third kappa shape index (κ3) is 5.38. The topological polar surface area (TPSA) is 88.7 Å². The molecule has 33 heavy (non-hydrogen) atoms. The van der Waals surface area contributed by atoms with E-state index in [0.29, 0.717) is 24.3 Å². The number of carbonyl (C=O) groups excluding carboxylic acids is 1. The standard InChI is InChI=1S/C25H29ClN4O3/c1-16(2)24(31)28-19-6-7-22-20(13-19)21(14-27-22)23(25(32)33)30-10-8-29(9-11-30)15-17-4-3-5-18(26)12-17/h3-7,12-14,16,23,27H,8-11,15H2,1-2H3,(H,28,31)(H,32,33)/t23-/m1/s1. The van der Waals surface area contributed by atoms with E-state index in [1.807, 2.05) is 55.1 Å². The molecule has 1 amide bonds. The van der Waals surface area contributed by atoms with Crippen molar-refractivity contribution < 1.29 is 14.7 Å². The van der Waals surface area contributed by atoms with Crippen LogP contribution in [0.3, 0.4) is 0 Å². The maximum atomic E-state index is 12.3. The van der Waals surface area contributed by atoms with Gasteiger partial charge in [0.05, 0.1) is 0 Å². The summed E-state index contributed by atoms with van der Waals surface area (Å²) in [6.07, 6.45) is 1.77. The number of carboxylic acids is 1. The quantitative estimate of drug-likeness (QED) is 0.479. The van der Waals surface area contributed by atoms with Gasteiger partial charge in [0.15, 0.2) is 0 Å². The molecule has 1 saturated heterocycles. The molecule has 0 bridgehead atoms. The largest absolute Gasteiger partial charge is 0.480 e. The minimum absolute atomic E-state index is 0.0722. The van der Waals surface area contributed by atoms with Gasteiger partial charge in [0.1, 0.15) is 6.04 Å². The van der Waals surface area contributed by atoms with E-state index < -0.39 is 12.0 Å². The second-order valence-electron chi connectivity index (χ2n) is 8.83. The number of H-pyrrole nitrogens is 1. The molecule has 7 nitrogen and oxygen atoms in total. The average Bonchev–Trinajstić information content (AvgIpc) is 3.18. The first-order chi connectivity index (χ1) is 15.8. The second-order valence-corrected chi connectivity index (χ2v) is 9.27. The lowest BCUT2D eigenvalue weighted by molar-refractivity contribution is -0.144. The summed E-state index contributed by atoms with van der Waals surface area (Å²) in [7, 11) is 0. The number of hydrogen-bond acceptors (Lipinski definition) is 4. The number of benzene rings is 2. The van der Waals surface area contributed by atoms with Gasteiger partial charge in [0, 0.05) is 72.0 Å². The minimum Gasteiger partial charge on any atom is -0.480 e. The van der Waals surface area contributed by atoms with Crippen molar-refractivity contribution in [1.29, 1.82) is 0 Å². The molecule has 1 atom stereocenters. The van der Waals surface area contributed by atoms with Gasteiger partial charge in [0.25, 0.3) is 0 Å². The van der Waals surface area contributed by atoms with E-state index in [2.05, 4.69) is 21.3 Å². The number of rotatable bonds is 7. The molecule has 1 aromatic heterocycles. The molecule has 0 unspecified atom stereocenters. The van der Waals surface area contributed by atoms with E-state index >= 15 is 0 Å². The lowest BCUT2D eigenvalue weighted by Gasteiger charge is -2.37. The Morgan fingerprint density at radius 1 is 1.12 bits per heavy atom. The number of aromatic amines is 1. The molecule has 0 radical (unpaired) electrons. The van der Waals surface area contributed by atoms with Crippen molar-refractivity contribution in [1.82, 2.24) is 14.8 Å². The number of fused-ring (bicyclic) bond motifs is 1. The Morgan fingerprint density at radius 3 is 2.55 bits per heavy atom. The molecule has 174 valence electrons. The van der Waals surface area contributed by atoms with Crippen molar-refractivity contribution in [3.05, 3.63) is 64.8 Å². The van der Waals surface area contributed by atoms with E-state index in [4.69, 9.17) is 11.6 Å². The summed E-state index contributed by atoms with van der Waals surface area (Å²) in [6, 6.07) is 12.6. The second kappa shape index (κ2) is 9.95. The molecule has 0 aliphatic carbocycles. The van der Waals surface area contributed by atoms with Crippen LogP contribution in [0.25, 0.3) is 10.9 Å². The third-order valence-electron chi connectivity index (χ3n) is 6.10. The van der Waals surface area contributed by atoms with Crippen LogP contribution in [0.1, 0.15) is 31.0 Å². The van der Waals surface area contributed by atoms with Gasteiger partial charge in [-0.25, -0.2) is 0 Å². The van der Waals surface area contributed by atoms with Crippen LogP contribution in [-0.4, -0.2) is 57.9 Å². The SMILES string of the molecule is CC(C)C(=O)Nc1ccc2[nH]cc([C@H](C(=O)O)N3CCN(Cc4cccc(Cl)c4)CC3)c2c1. The normalized spacial score (nSPS) is 16.2. The van der Waals surface area contributed by atoms with Crippen molar-refractivity contribution >= 4 is 40.1 Å². The molecule has 0 saturated carbocycles. The number of aliphatic carboxylic acids is 1. The zero-order chi connectivity index (χ0) is 23.5. The number of halogens is 1. The molecule has 2 heterocycles. The predicted octanol–water partition coefficient (Wildman–Crippen LogP) is 4.36. The molecule has 2 aromatic carbocycles. The van der Waals surface area contributed by atoms with Crippen LogP contribution in [0, 0.1) is 5.92 Å². The number of carbonyl (C=O) groups is 2. The molecule has 1 aliphatic rings. The summed E-state index contributed by atoms with van der Waals surface area (Å²) < 4.78 is 0. The van der Waals surface area contributed by atoms with Gasteiger partial charge < -0.3 is 15.4 Å². The number of nitrogens with one attached hydrogen (secondary N) is 2. The number of hydrogen-bond donors (Lipinski definition) is 3. The van der Waals surface area contributed by atoms with Crippen LogP contribution < -0.4 is 5.32 Å². The highest BCUT2D eigenvalue weighted by atomic mass is 35.5. The number of piperazine rings is 1. The monoisotopic (exact) mass is 468 g/mol. The van der Waals surface area contributed by atoms with E-state index in [1.165, 1.54) is 0 Å². The zero-order valence-electron chi connectivity index (χ0n) is 18.8. The van der Waals surface area contributed by atoms with Gasteiger partial charge in [-0.3, -0.25) is 19.4 Å². The number of amides is 1. The summed E-state index contributed by atoms with van der Waals surface area (Å²) >= 11 is 6.10. The average molecular weight is 469 g/mol. The van der Waals surface area contributed by atoms with E-state index in [0.717, 1.165) is 41.1 Å². The van der Waals surface area contributed by atoms with Crippen LogP contribution in [0.2, 0.25) is 5.02 Å². The van der Waals surface area contributed by atoms with Crippen molar-refractivity contribution in [2.24, 2.45) is 5.92 Å². The Hall–Kier alpha value is -2.87. The Kier molecular flexibility index (Phi) is 7.02. The lowest BCUT2D eigenvalue weighted by Crippen LogP contribution is -2.48. The molecule has 0 spiro atoms. The number of aromatic nitrogens is 1. The Bertz CT molecular complexity index is 1150. The molecule has 1 aliphatic heterocycles. The lowest BCUT2D eigenvalue weighted by atomic mass is 10.0. The van der Waals surface area contributed by atoms with Gasteiger partial charge in [-0.2, -0.15) is 0 Å². The van der Waals surface area contributed by atoms with Gasteiger partial charge in [-0.05, 0) is 35.9 Å². The van der Waals surface area contributed by atoms with E-state index in [-0.39, 0.29) is 11.8 Å². The van der Waals surface area contributed by atoms with Crippen molar-refractivity contribution in [2.75, 3.05) is 31.5 Å². The molecule has 3 N–H and O–H groups in total. The highest BCUT2D eigenvalue weighted by molar-refractivity contribution is 6.30. The van der Waals surface area contributed by atoms with E-state index in [9.17, 15) is 14.7 Å². The molecule has 8 heteroatoms. The first-order valence-corrected chi connectivity index (χ1v) is 11.5. The summed E-state index contributed by atoms with van der Waals surface area (Å²) in [4.78, 5) is 32.0. The molecule has 4 rings (SSSR count). The summed E-state index contributed by atoms with van der Waals surface area (Å²) in [5.74, 6) is -1.09. The highest BCUT2D eigenvalue weighted by Gasteiger charge is 2.32. The minimum atomic E-state index is -0.879. The van der Waals surface area contributed by atoms with Crippen LogP contribution in [0.15, 0.2) is 48.7 Å². The first kappa shape index (κ1) is 23.3. The number of nitrogens with zero attached hydrogens (tertiary/aromatic N) is 2. The summed E-state index contributed by atoms with van der Waals surface area (Å²) in [5.41, 5.74) is 3.37. The number of anilines is 1. The Labute approximate surface area is 198 Å². The molecule has 1 fully saturated rings. The Morgan fingerprint density at radius 2 is 1.88 bits per heavy atom. The van der Waals surface area contributed by atoms with Gasteiger partial charge >= 0.3 is 5.97 Å². The zero-order valence-corrected chi connectivity index (χ0v) is 19.6. The van der Waals surface area contributed by atoms with Crippen LogP contribution in [0.5, 0.6) is 0 Å². The van der Waals surface area contributed by atoms with Crippen molar-refractivity contribution in [3.8, 4) is 0 Å². The molecule has 3 aromatic rings. The van der Waals surface area contributed by atoms with Crippen LogP contribution in [0.4, 0.5) is 5.69 Å². The maximum Gasteiger partial charge on any atom is 0.325 e. The van der Waals surface area contributed by atoms with Gasteiger partial charge in [0.2, 0.25) is 5.91 Å². The van der Waals surface area contributed by atoms with Gasteiger partial charge in [-0.1, -0.05) is 37.6 Å². The smallest absolute Gasteiger partial charge is 0.325 e. The third-order valence-corrected chi connectivity index (χ3v) is 6.34. The molecular formula is C25H29ClN4O3. The fourth-order valence-electron chi connectivity index (χ4n) is 4.29. The fourth-order valence-corrected chi connectivity index (χ4v) is 4.50. The van der Waals surface area contributed by atoms with Crippen molar-refractivity contribution in [3.63, 3.8) is 0 Å². The first-order valence-electron chi connectivity index (χ1n) is 11.2.